The largest absolute Gasteiger partial charge is 0.480 e. The van der Waals surface area contributed by atoms with E-state index in [-0.39, 0.29) is 18.1 Å². The van der Waals surface area contributed by atoms with E-state index in [0.717, 1.165) is 12.8 Å². The molecule has 1 rings (SSSR count). The van der Waals surface area contributed by atoms with Gasteiger partial charge in [-0.25, -0.2) is 13.1 Å². The Labute approximate surface area is 120 Å². The summed E-state index contributed by atoms with van der Waals surface area (Å²) in [6, 6.07) is 0.983. The molecule has 1 unspecified atom stereocenters. The van der Waals surface area contributed by atoms with Crippen LogP contribution in [0.4, 0.5) is 0 Å². The van der Waals surface area contributed by atoms with Gasteiger partial charge >= 0.3 is 5.97 Å². The van der Waals surface area contributed by atoms with E-state index in [4.69, 9.17) is 5.11 Å². The van der Waals surface area contributed by atoms with Crippen LogP contribution in [0.25, 0.3) is 0 Å². The summed E-state index contributed by atoms with van der Waals surface area (Å²) in [5, 5.41) is 18.3. The first-order chi connectivity index (χ1) is 9.20. The fourth-order valence-electron chi connectivity index (χ4n) is 2.63. The van der Waals surface area contributed by atoms with Gasteiger partial charge in [0.15, 0.2) is 0 Å². The fourth-order valence-corrected chi connectivity index (χ4v) is 4.43. The number of hydrogen-bond donors (Lipinski definition) is 2. The number of carbonyl (C=O) groups is 1. The molecule has 0 bridgehead atoms. The van der Waals surface area contributed by atoms with E-state index in [2.05, 4.69) is 10.8 Å². The van der Waals surface area contributed by atoms with Gasteiger partial charge in [0.05, 0.1) is 17.2 Å². The normalized spacial score (nSPS) is 19.7. The smallest absolute Gasteiger partial charge is 0.321 e. The molecular formula is C13H22N2O4S. The first kappa shape index (κ1) is 16.9. The molecule has 6 nitrogen and oxygen atoms in total. The third kappa shape index (κ3) is 4.76. The minimum Gasteiger partial charge on any atom is -0.480 e. The second-order valence-electron chi connectivity index (χ2n) is 6.00. The van der Waals surface area contributed by atoms with Crippen molar-refractivity contribution in [3.63, 3.8) is 0 Å². The van der Waals surface area contributed by atoms with Crippen LogP contribution in [-0.4, -0.2) is 31.3 Å². The highest BCUT2D eigenvalue weighted by atomic mass is 32.2. The average Bonchev–Trinajstić information content (AvgIpc) is 2.75. The summed E-state index contributed by atoms with van der Waals surface area (Å²) in [6.45, 7) is 3.66. The molecule has 2 N–H and O–H groups in total. The summed E-state index contributed by atoms with van der Waals surface area (Å²) < 4.78 is 26.5. The molecule has 20 heavy (non-hydrogen) atoms. The highest BCUT2D eigenvalue weighted by Gasteiger charge is 2.39. The van der Waals surface area contributed by atoms with Crippen LogP contribution in [0.3, 0.4) is 0 Å². The zero-order valence-corrected chi connectivity index (χ0v) is 12.7. The molecule has 0 aromatic carbocycles. The van der Waals surface area contributed by atoms with Crippen molar-refractivity contribution in [1.29, 1.82) is 5.26 Å². The molecule has 0 saturated heterocycles. The molecule has 0 aliphatic heterocycles. The Morgan fingerprint density at radius 2 is 1.95 bits per heavy atom. The Bertz CT molecular complexity index is 487. The molecule has 1 fully saturated rings. The van der Waals surface area contributed by atoms with E-state index < -0.39 is 27.4 Å². The number of sulfonamides is 1. The van der Waals surface area contributed by atoms with Gasteiger partial charge < -0.3 is 5.11 Å². The highest BCUT2D eigenvalue weighted by molar-refractivity contribution is 7.89. The van der Waals surface area contributed by atoms with E-state index in [0.29, 0.717) is 12.8 Å². The van der Waals surface area contributed by atoms with Gasteiger partial charge in [-0.1, -0.05) is 26.7 Å². The van der Waals surface area contributed by atoms with E-state index in [1.165, 1.54) is 0 Å². The molecule has 7 heteroatoms. The average molecular weight is 302 g/mol. The maximum atomic E-state index is 12.1. The predicted molar refractivity (Wildman–Crippen MR) is 74.3 cm³/mol. The Kier molecular flexibility index (Phi) is 5.54. The molecule has 1 saturated carbocycles. The van der Waals surface area contributed by atoms with Crippen LogP contribution >= 0.6 is 0 Å². The van der Waals surface area contributed by atoms with Crippen LogP contribution in [0.1, 0.15) is 46.0 Å². The van der Waals surface area contributed by atoms with Gasteiger partial charge in [0.2, 0.25) is 10.0 Å². The van der Waals surface area contributed by atoms with E-state index >= 15 is 0 Å². The van der Waals surface area contributed by atoms with Gasteiger partial charge in [0, 0.05) is 0 Å². The predicted octanol–water partition coefficient (Wildman–Crippen LogP) is 1.49. The molecule has 0 aromatic heterocycles. The number of carboxylic acid groups (broad SMARTS) is 1. The summed E-state index contributed by atoms with van der Waals surface area (Å²) >= 11 is 0. The van der Waals surface area contributed by atoms with Crippen molar-refractivity contribution in [2.45, 2.75) is 52.0 Å². The second kappa shape index (κ2) is 6.55. The number of nitrogens with one attached hydrogen (secondary N) is 1. The lowest BCUT2D eigenvalue weighted by Gasteiger charge is -2.22. The summed E-state index contributed by atoms with van der Waals surface area (Å²) in [4.78, 5) is 11.1. The molecule has 0 radical (unpaired) electrons. The number of rotatable bonds is 7. The van der Waals surface area contributed by atoms with Crippen LogP contribution < -0.4 is 4.72 Å². The first-order valence-electron chi connectivity index (χ1n) is 6.84. The van der Waals surface area contributed by atoms with Crippen molar-refractivity contribution in [3.8, 4) is 6.07 Å². The van der Waals surface area contributed by atoms with Crippen LogP contribution in [0, 0.1) is 22.7 Å². The monoisotopic (exact) mass is 302 g/mol. The summed E-state index contributed by atoms with van der Waals surface area (Å²) in [7, 11) is -3.78. The standard InChI is InChI=1S/C13H22N2O4S/c1-10(2)7-11(12(16)17)15-20(18,19)9-13(8-14)5-3-4-6-13/h10-11,15H,3-7,9H2,1-2H3,(H,16,17). The van der Waals surface area contributed by atoms with Crippen molar-refractivity contribution < 1.29 is 18.3 Å². The Morgan fingerprint density at radius 1 is 1.40 bits per heavy atom. The third-order valence-electron chi connectivity index (χ3n) is 3.59. The van der Waals surface area contributed by atoms with Gasteiger partial charge in [0.25, 0.3) is 0 Å². The topological polar surface area (TPSA) is 107 Å². The third-order valence-corrected chi connectivity index (χ3v) is 5.17. The van der Waals surface area contributed by atoms with Crippen molar-refractivity contribution >= 4 is 16.0 Å². The molecule has 1 atom stereocenters. The Hall–Kier alpha value is -1.13. The van der Waals surface area contributed by atoms with Gasteiger partial charge in [0.1, 0.15) is 6.04 Å². The second-order valence-corrected chi connectivity index (χ2v) is 7.75. The molecule has 1 aliphatic carbocycles. The van der Waals surface area contributed by atoms with Crippen molar-refractivity contribution in [2.24, 2.45) is 11.3 Å². The Balaban J connectivity index is 2.78. The number of nitrogens with zero attached hydrogens (tertiary/aromatic N) is 1. The number of carboxylic acids is 1. The first-order valence-corrected chi connectivity index (χ1v) is 8.49. The molecule has 0 aromatic rings. The quantitative estimate of drug-likeness (QED) is 0.741. The van der Waals surface area contributed by atoms with Crippen molar-refractivity contribution in [1.82, 2.24) is 4.72 Å². The zero-order valence-electron chi connectivity index (χ0n) is 11.9. The number of aliphatic carboxylic acids is 1. The molecular weight excluding hydrogens is 280 g/mol. The van der Waals surface area contributed by atoms with Crippen molar-refractivity contribution in [2.75, 3.05) is 5.75 Å². The molecule has 0 amide bonds. The van der Waals surface area contributed by atoms with E-state index in [1.807, 2.05) is 13.8 Å². The summed E-state index contributed by atoms with van der Waals surface area (Å²) in [6.07, 6.45) is 3.04. The van der Waals surface area contributed by atoms with Crippen LogP contribution in [0.5, 0.6) is 0 Å². The lowest BCUT2D eigenvalue weighted by Crippen LogP contribution is -2.45. The maximum absolute atomic E-state index is 12.1. The van der Waals surface area contributed by atoms with Gasteiger partial charge in [-0.2, -0.15) is 5.26 Å². The summed E-state index contributed by atoms with van der Waals surface area (Å²) in [5.41, 5.74) is -0.854. The molecule has 0 spiro atoms. The minimum absolute atomic E-state index is 0.0650. The molecule has 114 valence electrons. The van der Waals surface area contributed by atoms with Gasteiger partial charge in [-0.15, -0.1) is 0 Å². The van der Waals surface area contributed by atoms with Crippen LogP contribution in [-0.2, 0) is 14.8 Å². The SMILES string of the molecule is CC(C)CC(NS(=O)(=O)CC1(C#N)CCCC1)C(=O)O. The minimum atomic E-state index is -3.78. The lowest BCUT2D eigenvalue weighted by atomic mass is 9.91. The maximum Gasteiger partial charge on any atom is 0.321 e. The van der Waals surface area contributed by atoms with Crippen molar-refractivity contribution in [3.05, 3.63) is 0 Å². The fraction of sp³-hybridized carbons (Fsp3) is 0.846. The molecule has 1 aliphatic rings. The van der Waals surface area contributed by atoms with Gasteiger partial charge in [-0.05, 0) is 25.2 Å². The zero-order chi connectivity index (χ0) is 15.4. The van der Waals surface area contributed by atoms with E-state index in [1.54, 1.807) is 0 Å². The van der Waals surface area contributed by atoms with E-state index in [9.17, 15) is 18.5 Å². The number of hydrogen-bond acceptors (Lipinski definition) is 4. The summed E-state index contributed by atoms with van der Waals surface area (Å²) in [5.74, 6) is -1.42. The van der Waals surface area contributed by atoms with Crippen LogP contribution in [0.2, 0.25) is 0 Å². The Morgan fingerprint density at radius 3 is 2.35 bits per heavy atom. The lowest BCUT2D eigenvalue weighted by molar-refractivity contribution is -0.139. The van der Waals surface area contributed by atoms with Gasteiger partial charge in [-0.3, -0.25) is 4.79 Å². The van der Waals surface area contributed by atoms with Crippen LogP contribution in [0.15, 0.2) is 0 Å². The molecule has 0 heterocycles. The highest BCUT2D eigenvalue weighted by Crippen LogP contribution is 2.38. The number of nitriles is 1.